The lowest BCUT2D eigenvalue weighted by Gasteiger charge is -2.26. The second-order valence-electron chi connectivity index (χ2n) is 10.1. The molecular weight excluding hydrogens is 429 g/mol. The molecular formula is C28H28FN3O2. The minimum atomic E-state index is -0.293. The molecule has 0 saturated heterocycles. The second kappa shape index (κ2) is 8.27. The summed E-state index contributed by atoms with van der Waals surface area (Å²) < 4.78 is 14.2. The molecule has 6 rings (SSSR count). The fourth-order valence-electron chi connectivity index (χ4n) is 5.72. The zero-order valence-electron chi connectivity index (χ0n) is 19.1. The van der Waals surface area contributed by atoms with Crippen molar-refractivity contribution >= 4 is 17.4 Å². The Morgan fingerprint density at radius 2 is 1.79 bits per heavy atom. The van der Waals surface area contributed by atoms with Crippen molar-refractivity contribution in [3.8, 4) is 11.1 Å². The minimum absolute atomic E-state index is 0.0295. The molecule has 0 bridgehead atoms. The van der Waals surface area contributed by atoms with E-state index in [0.29, 0.717) is 23.0 Å². The number of halogens is 1. The zero-order valence-corrected chi connectivity index (χ0v) is 19.1. The average Bonchev–Trinajstić information content (AvgIpc) is 3.60. The van der Waals surface area contributed by atoms with Crippen LogP contribution >= 0.6 is 0 Å². The number of ketones is 1. The van der Waals surface area contributed by atoms with E-state index in [-0.39, 0.29) is 29.5 Å². The molecule has 1 aliphatic heterocycles. The van der Waals surface area contributed by atoms with Gasteiger partial charge in [0.05, 0.1) is 0 Å². The number of carbonyl (C=O) groups is 1. The molecule has 1 aromatic heterocycles. The molecule has 1 spiro atoms. The van der Waals surface area contributed by atoms with E-state index in [4.69, 9.17) is 0 Å². The summed E-state index contributed by atoms with van der Waals surface area (Å²) in [7, 11) is 0. The van der Waals surface area contributed by atoms with Crippen LogP contribution in [0, 0.1) is 17.7 Å². The van der Waals surface area contributed by atoms with Gasteiger partial charge in [-0.05, 0) is 62.1 Å². The van der Waals surface area contributed by atoms with Crippen LogP contribution in [0.4, 0.5) is 16.0 Å². The molecule has 34 heavy (non-hydrogen) atoms. The number of aromatic nitrogens is 2. The van der Waals surface area contributed by atoms with Crippen LogP contribution in [0.25, 0.3) is 11.1 Å². The Balaban J connectivity index is 1.29. The van der Waals surface area contributed by atoms with Gasteiger partial charge in [-0.15, -0.1) is 0 Å². The van der Waals surface area contributed by atoms with Gasteiger partial charge in [0.15, 0.2) is 5.78 Å². The van der Waals surface area contributed by atoms with E-state index in [0.717, 1.165) is 56.3 Å². The first-order valence-corrected chi connectivity index (χ1v) is 12.2. The summed E-state index contributed by atoms with van der Waals surface area (Å²) >= 11 is 0. The molecule has 3 aromatic rings. The van der Waals surface area contributed by atoms with Crippen LogP contribution in [0.3, 0.4) is 0 Å². The second-order valence-corrected chi connectivity index (χ2v) is 10.1. The maximum Gasteiger partial charge on any atom is 0.229 e. The number of fused-ring (bicyclic) bond motifs is 2. The first-order chi connectivity index (χ1) is 16.6. The number of aliphatic hydroxyl groups excluding tert-OH is 1. The molecule has 3 aliphatic rings. The van der Waals surface area contributed by atoms with Crippen LogP contribution in [0.15, 0.2) is 54.9 Å². The number of benzene rings is 2. The Morgan fingerprint density at radius 3 is 2.47 bits per heavy atom. The Morgan fingerprint density at radius 1 is 1.06 bits per heavy atom. The van der Waals surface area contributed by atoms with Crippen molar-refractivity contribution in [2.24, 2.45) is 11.8 Å². The van der Waals surface area contributed by atoms with Gasteiger partial charge < -0.3 is 10.0 Å². The Labute approximate surface area is 198 Å². The normalized spacial score (nSPS) is 22.6. The van der Waals surface area contributed by atoms with E-state index >= 15 is 0 Å². The summed E-state index contributed by atoms with van der Waals surface area (Å²) in [4.78, 5) is 24.6. The van der Waals surface area contributed by atoms with Gasteiger partial charge in [-0.3, -0.25) is 4.79 Å². The van der Waals surface area contributed by atoms with Crippen molar-refractivity contribution < 1.29 is 14.3 Å². The Hall–Kier alpha value is -3.12. The van der Waals surface area contributed by atoms with Crippen molar-refractivity contribution in [2.45, 2.75) is 43.9 Å². The van der Waals surface area contributed by atoms with Gasteiger partial charge in [-0.25, -0.2) is 14.4 Å². The lowest BCUT2D eigenvalue weighted by atomic mass is 9.78. The lowest BCUT2D eigenvalue weighted by molar-refractivity contribution is 0.0846. The number of hydrogen-bond acceptors (Lipinski definition) is 5. The monoisotopic (exact) mass is 457 g/mol. The molecule has 0 atom stereocenters. The van der Waals surface area contributed by atoms with Crippen molar-refractivity contribution in [1.82, 2.24) is 9.97 Å². The maximum absolute atomic E-state index is 14.2. The average molecular weight is 458 g/mol. The number of carbonyl (C=O) groups excluding carboxylic acids is 1. The molecule has 6 heteroatoms. The van der Waals surface area contributed by atoms with Gasteiger partial charge in [0, 0.05) is 59.3 Å². The number of rotatable bonds is 5. The van der Waals surface area contributed by atoms with Crippen LogP contribution in [-0.4, -0.2) is 34.0 Å². The fraction of sp³-hybridized carbons (Fsp3) is 0.393. The first-order valence-electron chi connectivity index (χ1n) is 12.2. The number of hydrogen-bond donors (Lipinski definition) is 1. The van der Waals surface area contributed by atoms with Crippen LogP contribution in [0.5, 0.6) is 0 Å². The molecule has 2 fully saturated rings. The van der Waals surface area contributed by atoms with Crippen LogP contribution in [0.1, 0.15) is 54.4 Å². The fourth-order valence-corrected chi connectivity index (χ4v) is 5.72. The first kappa shape index (κ1) is 21.4. The summed E-state index contributed by atoms with van der Waals surface area (Å²) in [5, 5.41) is 9.41. The lowest BCUT2D eigenvalue weighted by Crippen LogP contribution is -2.24. The van der Waals surface area contributed by atoms with Gasteiger partial charge >= 0.3 is 0 Å². The van der Waals surface area contributed by atoms with Crippen molar-refractivity contribution in [2.75, 3.05) is 18.1 Å². The van der Waals surface area contributed by atoms with E-state index in [2.05, 4.69) is 20.9 Å². The highest BCUT2D eigenvalue weighted by atomic mass is 19.1. The van der Waals surface area contributed by atoms with Crippen molar-refractivity contribution in [3.63, 3.8) is 0 Å². The highest BCUT2D eigenvalue weighted by Crippen LogP contribution is 2.58. The SMILES string of the molecule is O=C(c1ccc2c(c1)N(c1ncc(-c3ccccc3F)cn1)CC21CC1)C1CCC(CO)CC1. The Bertz CT molecular complexity index is 1230. The molecule has 174 valence electrons. The van der Waals surface area contributed by atoms with Crippen LogP contribution < -0.4 is 4.90 Å². The van der Waals surface area contributed by atoms with Crippen molar-refractivity contribution in [3.05, 3.63) is 71.8 Å². The quantitative estimate of drug-likeness (QED) is 0.516. The topological polar surface area (TPSA) is 66.3 Å². The van der Waals surface area contributed by atoms with Gasteiger partial charge in [0.25, 0.3) is 0 Å². The summed E-state index contributed by atoms with van der Waals surface area (Å²) in [6.45, 7) is 1.02. The highest BCUT2D eigenvalue weighted by Gasteiger charge is 2.52. The molecule has 2 aromatic carbocycles. The highest BCUT2D eigenvalue weighted by molar-refractivity contribution is 5.99. The molecule has 1 N–H and O–H groups in total. The number of Topliss-reactive ketones (excluding diaryl/α,β-unsaturated/α-hetero) is 1. The largest absolute Gasteiger partial charge is 0.396 e. The molecule has 2 saturated carbocycles. The zero-order chi connectivity index (χ0) is 23.3. The van der Waals surface area contributed by atoms with E-state index in [9.17, 15) is 14.3 Å². The van der Waals surface area contributed by atoms with Gasteiger partial charge in [-0.1, -0.05) is 30.3 Å². The van der Waals surface area contributed by atoms with E-state index in [1.165, 1.54) is 11.6 Å². The van der Waals surface area contributed by atoms with E-state index in [1.54, 1.807) is 30.6 Å². The third-order valence-electron chi connectivity index (χ3n) is 8.00. The molecule has 0 unspecified atom stereocenters. The van der Waals surface area contributed by atoms with E-state index in [1.807, 2.05) is 12.1 Å². The standard InChI is InChI=1S/C28H28FN3O2/c29-24-4-2-1-3-22(24)21-14-30-27(31-15-21)32-17-28(11-12-28)23-10-9-20(13-25(23)32)26(34)19-7-5-18(16-33)6-8-19/h1-4,9-10,13-15,18-19,33H,5-8,11-12,16-17H2. The molecule has 2 aliphatic carbocycles. The third-order valence-corrected chi connectivity index (χ3v) is 8.00. The van der Waals surface area contributed by atoms with Gasteiger partial charge in [0.1, 0.15) is 5.82 Å². The Kier molecular flexibility index (Phi) is 5.21. The predicted octanol–water partition coefficient (Wildman–Crippen LogP) is 5.45. The molecule has 2 heterocycles. The summed E-state index contributed by atoms with van der Waals surface area (Å²) in [6, 6.07) is 12.8. The van der Waals surface area contributed by atoms with Crippen LogP contribution in [-0.2, 0) is 5.41 Å². The van der Waals surface area contributed by atoms with Gasteiger partial charge in [-0.2, -0.15) is 0 Å². The minimum Gasteiger partial charge on any atom is -0.396 e. The summed E-state index contributed by atoms with van der Waals surface area (Å²) in [5.74, 6) is 0.851. The van der Waals surface area contributed by atoms with Crippen LogP contribution in [0.2, 0.25) is 0 Å². The predicted molar refractivity (Wildman–Crippen MR) is 129 cm³/mol. The number of aliphatic hydroxyl groups is 1. The molecule has 5 nitrogen and oxygen atoms in total. The van der Waals surface area contributed by atoms with Crippen molar-refractivity contribution in [1.29, 1.82) is 0 Å². The number of anilines is 2. The number of nitrogens with zero attached hydrogens (tertiary/aromatic N) is 3. The molecule has 0 radical (unpaired) electrons. The summed E-state index contributed by atoms with van der Waals surface area (Å²) in [6.07, 6.45) is 9.11. The smallest absolute Gasteiger partial charge is 0.229 e. The third kappa shape index (κ3) is 3.61. The maximum atomic E-state index is 14.2. The molecule has 0 amide bonds. The van der Waals surface area contributed by atoms with Gasteiger partial charge in [0.2, 0.25) is 5.95 Å². The van der Waals surface area contributed by atoms with E-state index < -0.39 is 0 Å². The summed E-state index contributed by atoms with van der Waals surface area (Å²) in [5.41, 5.74) is 4.30.